The van der Waals surface area contributed by atoms with Crippen molar-refractivity contribution in [3.63, 3.8) is 0 Å². The number of anilines is 6. The predicted molar refractivity (Wildman–Crippen MR) is 236 cm³/mol. The Kier molecular flexibility index (Phi) is 45.5. The Morgan fingerprint density at radius 1 is 0.667 bits per heavy atom. The molecule has 0 aliphatic carbocycles. The summed E-state index contributed by atoms with van der Waals surface area (Å²) in [5.41, 5.74) is -0.649. The number of aromatic nitrogens is 9. The number of hydrogen-bond acceptors (Lipinski definition) is 17. The van der Waals surface area contributed by atoms with Gasteiger partial charge in [0, 0.05) is 51.3 Å². The molecule has 0 aromatic carbocycles. The van der Waals surface area contributed by atoms with Crippen molar-refractivity contribution in [3.8, 4) is 0 Å². The fraction of sp³-hybridized carbons (Fsp3) is 0.688. The van der Waals surface area contributed by atoms with E-state index in [1.165, 1.54) is 6.42 Å². The van der Waals surface area contributed by atoms with Gasteiger partial charge in [-0.25, -0.2) is 28.0 Å². The van der Waals surface area contributed by atoms with E-state index in [1.54, 1.807) is 0 Å². The molecule has 0 amide bonds. The van der Waals surface area contributed by atoms with E-state index in [-0.39, 0.29) is 50.1 Å². The van der Waals surface area contributed by atoms with Gasteiger partial charge in [0.15, 0.2) is 0 Å². The van der Waals surface area contributed by atoms with Crippen LogP contribution in [-0.2, 0) is 29.0 Å². The van der Waals surface area contributed by atoms with Gasteiger partial charge in [0.2, 0.25) is 39.5 Å². The molecule has 3 aromatic heterocycles. The first kappa shape index (κ1) is 63.1. The maximum Gasteiger partial charge on any atom is 0.415 e. The van der Waals surface area contributed by atoms with Crippen LogP contribution >= 0.6 is 34.2 Å². The minimum atomic E-state index is -4.92. The number of aromatic amines is 3. The molecule has 331 valence electrons. The summed E-state index contributed by atoms with van der Waals surface area (Å²) in [5.74, 6) is 2.89. The van der Waals surface area contributed by atoms with Crippen LogP contribution in [-0.4, -0.2) is 96.7 Å². The van der Waals surface area contributed by atoms with Gasteiger partial charge in [-0.05, 0) is 50.1 Å². The van der Waals surface area contributed by atoms with Crippen LogP contribution in [0.15, 0.2) is 9.59 Å². The van der Waals surface area contributed by atoms with E-state index in [9.17, 15) is 9.59 Å². The predicted octanol–water partition coefficient (Wildman–Crippen LogP) is 5.47. The molecule has 57 heavy (non-hydrogen) atoms. The largest absolute Gasteiger partial charge is 0.726 e. The van der Waals surface area contributed by atoms with E-state index >= 15 is 0 Å². The number of hydrogen-bond donors (Lipinski definition) is 9. The molecule has 0 aliphatic rings. The summed E-state index contributed by atoms with van der Waals surface area (Å²) in [6.45, 7) is 19.2. The Morgan fingerprint density at radius 2 is 1.02 bits per heavy atom. The number of nitrogens with one attached hydrogen (secondary N) is 9. The molecule has 3 aromatic rings. The maximum atomic E-state index is 11.2. The molecule has 0 fully saturated rings. The molecule has 0 aliphatic heterocycles. The van der Waals surface area contributed by atoms with Crippen molar-refractivity contribution in [2.75, 3.05) is 71.2 Å². The SMILES string of the molecule is C.C.CCCNc1nc(Cl)nc(NCCC)n1.CCCNc1nc(NCCC)[nH+]c(=O)[nH]1.CCCNc1nc(NCCC)[nH]c(=O)n1.CC[CH-]I.O=S(=O)([O-])O.[V]. The fourth-order valence-electron chi connectivity index (χ4n) is 3.08. The van der Waals surface area contributed by atoms with Crippen molar-refractivity contribution in [2.45, 2.75) is 108 Å². The average molecular weight is 1000 g/mol. The average Bonchev–Trinajstić information content (AvgIpc) is 3.12. The first-order valence-electron chi connectivity index (χ1n) is 17.7. The molecule has 25 heteroatoms. The zero-order chi connectivity index (χ0) is 41.2. The molecular weight excluding hydrogens is 936 g/mol. The molecule has 0 unspecified atom stereocenters. The van der Waals surface area contributed by atoms with Crippen LogP contribution in [0.5, 0.6) is 0 Å². The second-order valence-corrected chi connectivity index (χ2v) is 12.6. The first-order valence-corrected chi connectivity index (χ1v) is 20.6. The number of halogens is 2. The third-order valence-corrected chi connectivity index (χ3v) is 6.38. The van der Waals surface area contributed by atoms with Crippen molar-refractivity contribution >= 4 is 80.3 Å². The summed E-state index contributed by atoms with van der Waals surface area (Å²) in [6, 6.07) is 0. The van der Waals surface area contributed by atoms with Crippen molar-refractivity contribution in [1.82, 2.24) is 39.9 Å². The fourth-order valence-corrected chi connectivity index (χ4v) is 3.24. The maximum absolute atomic E-state index is 11.2. The van der Waals surface area contributed by atoms with Gasteiger partial charge in [0.05, 0.1) is 6.54 Å². The summed E-state index contributed by atoms with van der Waals surface area (Å²) in [6.07, 6.45) is 7.13. The molecule has 0 atom stereocenters. The van der Waals surface area contributed by atoms with Gasteiger partial charge >= 0.3 is 23.3 Å². The zero-order valence-corrected chi connectivity index (χ0v) is 37.7. The van der Waals surface area contributed by atoms with E-state index in [0.29, 0.717) is 35.7 Å². The Balaban J connectivity index is -0.000000209. The molecule has 0 saturated heterocycles. The van der Waals surface area contributed by atoms with Crippen molar-refractivity contribution in [1.29, 1.82) is 0 Å². The first-order chi connectivity index (χ1) is 25.7. The van der Waals surface area contributed by atoms with Crippen LogP contribution in [0, 0.1) is 4.43 Å². The molecule has 1 radical (unpaired) electrons. The summed E-state index contributed by atoms with van der Waals surface area (Å²) >= 11 is 7.99. The molecule has 3 rings (SSSR count). The van der Waals surface area contributed by atoms with Crippen LogP contribution in [0.1, 0.15) is 108 Å². The van der Waals surface area contributed by atoms with E-state index in [2.05, 4.69) is 138 Å². The van der Waals surface area contributed by atoms with Gasteiger partial charge in [-0.15, -0.1) is 0 Å². The van der Waals surface area contributed by atoms with Gasteiger partial charge in [0.25, 0.3) is 0 Å². The van der Waals surface area contributed by atoms with Gasteiger partial charge in [-0.1, -0.05) is 68.3 Å². The zero-order valence-electron chi connectivity index (χ0n) is 32.6. The second-order valence-electron chi connectivity index (χ2n) is 10.5. The topological polar surface area (TPSA) is 307 Å². The van der Waals surface area contributed by atoms with Gasteiger partial charge < -0.3 is 53.7 Å². The van der Waals surface area contributed by atoms with Gasteiger partial charge in [-0.2, -0.15) is 31.3 Å². The Bertz CT molecular complexity index is 1450. The minimum Gasteiger partial charge on any atom is -0.726 e. The Hall–Kier alpha value is -3.10. The normalized spacial score (nSPS) is 9.46. The molecule has 0 spiro atoms. The molecule has 0 bridgehead atoms. The van der Waals surface area contributed by atoms with E-state index in [0.717, 1.165) is 77.8 Å². The summed E-state index contributed by atoms with van der Waals surface area (Å²) in [4.78, 5) is 54.2. The second kappa shape index (κ2) is 41.1. The van der Waals surface area contributed by atoms with Crippen LogP contribution in [0.4, 0.5) is 35.7 Å². The molecule has 3 heterocycles. The summed E-state index contributed by atoms with van der Waals surface area (Å²) in [7, 11) is -4.92. The van der Waals surface area contributed by atoms with E-state index in [1.807, 2.05) is 13.8 Å². The van der Waals surface area contributed by atoms with Crippen LogP contribution in [0.3, 0.4) is 0 Å². The molecule has 0 saturated carbocycles. The van der Waals surface area contributed by atoms with Crippen LogP contribution in [0.25, 0.3) is 0 Å². The third-order valence-electron chi connectivity index (χ3n) is 5.33. The summed E-state index contributed by atoms with van der Waals surface area (Å²) < 4.78 is 34.9. The van der Waals surface area contributed by atoms with E-state index in [4.69, 9.17) is 29.1 Å². The number of nitrogens with zero attached hydrogens (tertiary/aromatic N) is 6. The number of rotatable bonds is 19. The smallest absolute Gasteiger partial charge is 0.415 e. The Morgan fingerprint density at radius 3 is 1.40 bits per heavy atom. The summed E-state index contributed by atoms with van der Waals surface area (Å²) in [5, 5.41) is 18.4. The van der Waals surface area contributed by atoms with Crippen molar-refractivity contribution in [3.05, 3.63) is 30.7 Å². The molecule has 21 nitrogen and oxygen atoms in total. The monoisotopic (exact) mass is 1000 g/mol. The third kappa shape index (κ3) is 40.9. The molecule has 10 N–H and O–H groups in total. The van der Waals surface area contributed by atoms with Crippen molar-refractivity contribution < 1.29 is 41.1 Å². The standard InChI is InChI=1S/C9H16ClN5.2C9H17N5O.C3H6I.2CH4.H2O4S.V/c1-3-5-11-8-13-7(10)14-9(15-8)12-6-4-2;2*1-3-5-10-7-12-8(11-6-4-2)14-9(15)13-7;1-2-3-4;;;1-5(2,3)4;/h3-6H2,1-2H3,(H2,11,12,13,14,15);2*3-6H2,1-2H3,(H3,10,11,12,13,14,15);3H,2H2,1H3;2*1H4;(H2,1,2,3,4);/q;;;-1;;;;. The van der Waals surface area contributed by atoms with Gasteiger partial charge in [-0.3, -0.25) is 19.3 Å². The Labute approximate surface area is 369 Å². The number of H-pyrrole nitrogens is 3. The molecular formula is C32H66ClIN15O6SV-. The quantitative estimate of drug-likeness (QED) is 0.0311. The van der Waals surface area contributed by atoms with Gasteiger partial charge in [0.1, 0.15) is 0 Å². The van der Waals surface area contributed by atoms with Crippen molar-refractivity contribution in [2.24, 2.45) is 0 Å². The van der Waals surface area contributed by atoms with E-state index < -0.39 is 10.4 Å². The van der Waals surface area contributed by atoms with Crippen LogP contribution in [0.2, 0.25) is 5.28 Å². The minimum absolute atomic E-state index is 0. The van der Waals surface area contributed by atoms with Crippen LogP contribution < -0.4 is 48.3 Å².